The quantitative estimate of drug-likeness (QED) is 0.807. The minimum atomic E-state index is 0.867. The van der Waals surface area contributed by atoms with Gasteiger partial charge in [-0.05, 0) is 38.1 Å². The van der Waals surface area contributed by atoms with Gasteiger partial charge in [0.1, 0.15) is 0 Å². The zero-order valence-electron chi connectivity index (χ0n) is 10.7. The Morgan fingerprint density at radius 1 is 0.833 bits per heavy atom. The highest BCUT2D eigenvalue weighted by atomic mass is 15.3. The molecule has 0 saturated carbocycles. The molecule has 2 aromatic heterocycles. The number of aromatic nitrogens is 2. The molecule has 0 amide bonds. The van der Waals surface area contributed by atoms with Gasteiger partial charge in [-0.3, -0.25) is 0 Å². The van der Waals surface area contributed by atoms with E-state index in [-0.39, 0.29) is 0 Å². The second-order valence-electron chi connectivity index (χ2n) is 4.18. The second kappa shape index (κ2) is 4.29. The predicted octanol–water partition coefficient (Wildman–Crippen LogP) is 3.11. The first-order valence-corrected chi connectivity index (χ1v) is 6.32. The third-order valence-corrected chi connectivity index (χ3v) is 3.26. The van der Waals surface area contributed by atoms with Gasteiger partial charge >= 0.3 is 0 Å². The SMILES string of the molecule is CCN1c2cccnc2N(CC)c2ncccc21. The van der Waals surface area contributed by atoms with Gasteiger partial charge in [-0.1, -0.05) is 0 Å². The lowest BCUT2D eigenvalue weighted by molar-refractivity contribution is 0.901. The minimum absolute atomic E-state index is 0.867. The fourth-order valence-corrected chi connectivity index (χ4v) is 2.48. The molecule has 4 nitrogen and oxygen atoms in total. The lowest BCUT2D eigenvalue weighted by Gasteiger charge is -2.37. The van der Waals surface area contributed by atoms with Crippen LogP contribution < -0.4 is 9.80 Å². The summed E-state index contributed by atoms with van der Waals surface area (Å²) < 4.78 is 0. The van der Waals surface area contributed by atoms with Crippen molar-refractivity contribution in [1.82, 2.24) is 9.97 Å². The number of hydrogen-bond donors (Lipinski definition) is 0. The van der Waals surface area contributed by atoms with E-state index in [0.717, 1.165) is 36.1 Å². The molecule has 0 bridgehead atoms. The van der Waals surface area contributed by atoms with E-state index >= 15 is 0 Å². The number of hydrogen-bond acceptors (Lipinski definition) is 4. The molecule has 18 heavy (non-hydrogen) atoms. The fourth-order valence-electron chi connectivity index (χ4n) is 2.48. The van der Waals surface area contributed by atoms with E-state index in [1.165, 1.54) is 0 Å². The molecule has 0 radical (unpaired) electrons. The third-order valence-electron chi connectivity index (χ3n) is 3.26. The molecule has 0 fully saturated rings. The smallest absolute Gasteiger partial charge is 0.158 e. The van der Waals surface area contributed by atoms with Crippen LogP contribution in [0.2, 0.25) is 0 Å². The Morgan fingerprint density at radius 2 is 1.33 bits per heavy atom. The summed E-state index contributed by atoms with van der Waals surface area (Å²) in [6.07, 6.45) is 3.67. The molecule has 2 aromatic rings. The van der Waals surface area contributed by atoms with Crippen LogP contribution in [0.25, 0.3) is 0 Å². The van der Waals surface area contributed by atoms with E-state index in [1.54, 1.807) is 0 Å². The predicted molar refractivity (Wildman–Crippen MR) is 73.8 cm³/mol. The zero-order valence-corrected chi connectivity index (χ0v) is 10.7. The van der Waals surface area contributed by atoms with Gasteiger partial charge in [-0.2, -0.15) is 0 Å². The molecule has 92 valence electrons. The Labute approximate surface area is 107 Å². The Morgan fingerprint density at radius 3 is 1.78 bits per heavy atom. The topological polar surface area (TPSA) is 32.3 Å². The molecule has 0 saturated heterocycles. The van der Waals surface area contributed by atoms with Crippen molar-refractivity contribution in [3.8, 4) is 0 Å². The van der Waals surface area contributed by atoms with E-state index in [0.29, 0.717) is 0 Å². The first-order valence-electron chi connectivity index (χ1n) is 6.32. The van der Waals surface area contributed by atoms with Crippen LogP contribution in [0.3, 0.4) is 0 Å². The molecule has 1 aliphatic rings. The molecule has 0 N–H and O–H groups in total. The summed E-state index contributed by atoms with van der Waals surface area (Å²) in [5.41, 5.74) is 2.31. The Bertz CT molecular complexity index is 470. The fraction of sp³-hybridized carbons (Fsp3) is 0.286. The van der Waals surface area contributed by atoms with E-state index in [4.69, 9.17) is 0 Å². The van der Waals surface area contributed by atoms with Crippen molar-refractivity contribution >= 4 is 23.0 Å². The number of fused-ring (bicyclic) bond motifs is 2. The Balaban J connectivity index is 2.25. The zero-order chi connectivity index (χ0) is 12.5. The maximum atomic E-state index is 4.51. The lowest BCUT2D eigenvalue weighted by atomic mass is 10.2. The van der Waals surface area contributed by atoms with Crippen LogP contribution >= 0.6 is 0 Å². The molecule has 3 heterocycles. The van der Waals surface area contributed by atoms with Crippen LogP contribution in [0, 0.1) is 0 Å². The van der Waals surface area contributed by atoms with Gasteiger partial charge in [0.05, 0.1) is 11.4 Å². The van der Waals surface area contributed by atoms with Crippen molar-refractivity contribution in [1.29, 1.82) is 0 Å². The maximum Gasteiger partial charge on any atom is 0.158 e. The van der Waals surface area contributed by atoms with Crippen LogP contribution in [0.5, 0.6) is 0 Å². The highest BCUT2D eigenvalue weighted by Gasteiger charge is 2.28. The van der Waals surface area contributed by atoms with Crippen molar-refractivity contribution in [3.63, 3.8) is 0 Å². The van der Waals surface area contributed by atoms with Crippen molar-refractivity contribution < 1.29 is 0 Å². The van der Waals surface area contributed by atoms with E-state index < -0.39 is 0 Å². The van der Waals surface area contributed by atoms with Gasteiger partial charge in [-0.25, -0.2) is 9.97 Å². The van der Waals surface area contributed by atoms with Crippen LogP contribution in [-0.4, -0.2) is 23.1 Å². The van der Waals surface area contributed by atoms with Crippen molar-refractivity contribution in [2.45, 2.75) is 13.8 Å². The maximum absolute atomic E-state index is 4.51. The minimum Gasteiger partial charge on any atom is -0.336 e. The second-order valence-corrected chi connectivity index (χ2v) is 4.18. The van der Waals surface area contributed by atoms with Gasteiger partial charge in [-0.15, -0.1) is 0 Å². The Kier molecular flexibility index (Phi) is 2.63. The molecule has 0 aromatic carbocycles. The highest BCUT2D eigenvalue weighted by Crippen LogP contribution is 2.44. The summed E-state index contributed by atoms with van der Waals surface area (Å²) in [5, 5.41) is 0. The van der Waals surface area contributed by atoms with Crippen molar-refractivity contribution in [2.24, 2.45) is 0 Å². The number of nitrogens with zero attached hydrogens (tertiary/aromatic N) is 4. The van der Waals surface area contributed by atoms with E-state index in [2.05, 4.69) is 45.7 Å². The molecule has 0 unspecified atom stereocenters. The van der Waals surface area contributed by atoms with Crippen LogP contribution in [-0.2, 0) is 0 Å². The first-order chi connectivity index (χ1) is 8.86. The number of rotatable bonds is 2. The van der Waals surface area contributed by atoms with E-state index in [9.17, 15) is 0 Å². The monoisotopic (exact) mass is 240 g/mol. The van der Waals surface area contributed by atoms with Gasteiger partial charge < -0.3 is 9.80 Å². The van der Waals surface area contributed by atoms with Gasteiger partial charge in [0.15, 0.2) is 11.6 Å². The summed E-state index contributed by atoms with van der Waals surface area (Å²) in [6.45, 7) is 6.05. The van der Waals surface area contributed by atoms with E-state index in [1.807, 2.05) is 24.5 Å². The number of anilines is 4. The van der Waals surface area contributed by atoms with Gasteiger partial charge in [0.2, 0.25) is 0 Å². The van der Waals surface area contributed by atoms with Gasteiger partial charge in [0, 0.05) is 25.5 Å². The summed E-state index contributed by atoms with van der Waals surface area (Å²) >= 11 is 0. The molecule has 0 spiro atoms. The summed E-state index contributed by atoms with van der Waals surface area (Å²) in [5.74, 6) is 1.99. The Hall–Kier alpha value is -2.10. The number of pyridine rings is 2. The third kappa shape index (κ3) is 1.45. The summed E-state index contributed by atoms with van der Waals surface area (Å²) in [6, 6.07) is 8.20. The molecule has 0 atom stereocenters. The average Bonchev–Trinajstić information content (AvgIpc) is 2.44. The normalized spacial score (nSPS) is 13.2. The molecule has 0 aliphatic carbocycles. The largest absolute Gasteiger partial charge is 0.336 e. The summed E-state index contributed by atoms with van der Waals surface area (Å²) in [7, 11) is 0. The molecular formula is C14H16N4. The molecule has 1 aliphatic heterocycles. The molecule has 4 heteroatoms. The summed E-state index contributed by atoms with van der Waals surface area (Å²) in [4.78, 5) is 13.4. The van der Waals surface area contributed by atoms with Gasteiger partial charge in [0.25, 0.3) is 0 Å². The highest BCUT2D eigenvalue weighted by molar-refractivity contribution is 5.89. The molecular weight excluding hydrogens is 224 g/mol. The average molecular weight is 240 g/mol. The van der Waals surface area contributed by atoms with Crippen molar-refractivity contribution in [3.05, 3.63) is 36.7 Å². The lowest BCUT2D eigenvalue weighted by Crippen LogP contribution is -2.30. The van der Waals surface area contributed by atoms with Crippen LogP contribution in [0.4, 0.5) is 23.0 Å². The first kappa shape index (κ1) is 11.0. The van der Waals surface area contributed by atoms with Crippen molar-refractivity contribution in [2.75, 3.05) is 22.9 Å². The van der Waals surface area contributed by atoms with Crippen LogP contribution in [0.15, 0.2) is 36.7 Å². The van der Waals surface area contributed by atoms with Crippen LogP contribution in [0.1, 0.15) is 13.8 Å². The standard InChI is InChI=1S/C14H16N4/c1-3-17-11-7-5-9-15-13(11)18(4-2)14-12(17)8-6-10-16-14/h5-10H,3-4H2,1-2H3. The molecule has 3 rings (SSSR count).